The van der Waals surface area contributed by atoms with Crippen molar-refractivity contribution in [2.45, 2.75) is 32.4 Å². The van der Waals surface area contributed by atoms with E-state index in [-0.39, 0.29) is 11.6 Å². The third kappa shape index (κ3) is 4.69. The smallest absolute Gasteiger partial charge is 0.306 e. The number of hydrogen-bond donors (Lipinski definition) is 0. The lowest BCUT2D eigenvalue weighted by atomic mass is 10.0. The monoisotopic (exact) mass is 313 g/mol. The molecule has 6 heteroatoms. The first-order valence-electron chi connectivity index (χ1n) is 7.01. The van der Waals surface area contributed by atoms with Gasteiger partial charge in [-0.15, -0.1) is 0 Å². The molecular weight excluding hydrogens is 290 g/mol. The van der Waals surface area contributed by atoms with E-state index in [2.05, 4.69) is 25.7 Å². The van der Waals surface area contributed by atoms with Gasteiger partial charge in [-0.2, -0.15) is 8.42 Å². The molecule has 0 unspecified atom stereocenters. The second kappa shape index (κ2) is 5.94. The Bertz CT molecular complexity index is 575. The van der Waals surface area contributed by atoms with Gasteiger partial charge in [0.25, 0.3) is 0 Å². The molecule has 5 nitrogen and oxygen atoms in total. The summed E-state index contributed by atoms with van der Waals surface area (Å²) in [6.45, 7) is 9.03. The van der Waals surface area contributed by atoms with Crippen molar-refractivity contribution < 1.29 is 17.3 Å². The molecule has 0 amide bonds. The maximum atomic E-state index is 11.1. The number of ether oxygens (including phenoxy) is 1. The topological polar surface area (TPSA) is 55.8 Å². The number of rotatable bonds is 3. The zero-order chi connectivity index (χ0) is 15.7. The molecule has 0 radical (unpaired) electrons. The van der Waals surface area contributed by atoms with Crippen molar-refractivity contribution in [3.63, 3.8) is 0 Å². The number of nitrogens with zero attached hydrogens (tertiary/aromatic N) is 1. The molecule has 0 aromatic heterocycles. The van der Waals surface area contributed by atoms with Gasteiger partial charge in [-0.1, -0.05) is 12.1 Å². The van der Waals surface area contributed by atoms with E-state index in [1.165, 1.54) is 0 Å². The van der Waals surface area contributed by atoms with Gasteiger partial charge in [-0.25, -0.2) is 0 Å². The van der Waals surface area contributed by atoms with Crippen LogP contribution in [0.3, 0.4) is 0 Å². The van der Waals surface area contributed by atoms with Crippen LogP contribution < -0.4 is 4.18 Å². The van der Waals surface area contributed by atoms with Crippen LogP contribution in [0.15, 0.2) is 24.3 Å². The maximum absolute atomic E-state index is 11.1. The molecule has 1 aromatic carbocycles. The van der Waals surface area contributed by atoms with E-state index in [9.17, 15) is 8.42 Å². The highest BCUT2D eigenvalue weighted by Crippen LogP contribution is 2.28. The predicted molar refractivity (Wildman–Crippen MR) is 81.9 cm³/mol. The largest absolute Gasteiger partial charge is 0.383 e. The summed E-state index contributed by atoms with van der Waals surface area (Å²) in [6.07, 6.45) is 1.04. The van der Waals surface area contributed by atoms with Crippen molar-refractivity contribution in [3.05, 3.63) is 29.8 Å². The molecule has 1 aliphatic heterocycles. The van der Waals surface area contributed by atoms with Gasteiger partial charge in [0.2, 0.25) is 0 Å². The fourth-order valence-corrected chi connectivity index (χ4v) is 2.83. The summed E-state index contributed by atoms with van der Waals surface area (Å²) >= 11 is 0. The molecule has 2 rings (SSSR count). The van der Waals surface area contributed by atoms with Crippen LogP contribution in [0.5, 0.6) is 5.75 Å². The Balaban J connectivity index is 2.08. The third-order valence-corrected chi connectivity index (χ3v) is 4.01. The minimum absolute atomic E-state index is 0.00487. The molecule has 0 saturated carbocycles. The summed E-state index contributed by atoms with van der Waals surface area (Å²) in [4.78, 5) is 2.39. The molecule has 1 fully saturated rings. The highest BCUT2D eigenvalue weighted by atomic mass is 32.2. The van der Waals surface area contributed by atoms with Crippen LogP contribution in [-0.4, -0.2) is 44.8 Å². The van der Waals surface area contributed by atoms with Gasteiger partial charge in [0.15, 0.2) is 0 Å². The Hall–Kier alpha value is -1.11. The van der Waals surface area contributed by atoms with E-state index >= 15 is 0 Å². The first-order chi connectivity index (χ1) is 9.65. The molecule has 1 aromatic rings. The van der Waals surface area contributed by atoms with E-state index in [1.807, 2.05) is 12.1 Å². The predicted octanol–water partition coefficient (Wildman–Crippen LogP) is 2.20. The summed E-state index contributed by atoms with van der Waals surface area (Å²) < 4.78 is 32.8. The SMILES string of the molecule is CC(C)(C)N1CCO[C@@H](c2ccc(OS(C)(=O)=O)cc2)C1. The molecule has 1 heterocycles. The lowest BCUT2D eigenvalue weighted by Gasteiger charge is -2.41. The van der Waals surface area contributed by atoms with Gasteiger partial charge in [-0.05, 0) is 38.5 Å². The first-order valence-corrected chi connectivity index (χ1v) is 8.83. The second-order valence-corrected chi connectivity index (χ2v) is 7.91. The Labute approximate surface area is 127 Å². The summed E-state index contributed by atoms with van der Waals surface area (Å²) in [6, 6.07) is 7.04. The molecule has 1 saturated heterocycles. The summed E-state index contributed by atoms with van der Waals surface area (Å²) in [5.41, 5.74) is 1.14. The van der Waals surface area contributed by atoms with Crippen LogP contribution in [0, 0.1) is 0 Å². The Morgan fingerprint density at radius 3 is 2.38 bits per heavy atom. The molecule has 1 aliphatic rings. The quantitative estimate of drug-likeness (QED) is 0.801. The van der Waals surface area contributed by atoms with Crippen molar-refractivity contribution in [2.75, 3.05) is 26.0 Å². The number of benzene rings is 1. The normalized spacial score (nSPS) is 21.2. The zero-order valence-electron chi connectivity index (χ0n) is 13.0. The van der Waals surface area contributed by atoms with E-state index in [0.717, 1.165) is 24.9 Å². The van der Waals surface area contributed by atoms with Gasteiger partial charge in [0, 0.05) is 18.6 Å². The molecule has 1 atom stereocenters. The average molecular weight is 313 g/mol. The number of morpholine rings is 1. The summed E-state index contributed by atoms with van der Waals surface area (Å²) in [5.74, 6) is 0.324. The Morgan fingerprint density at radius 2 is 1.86 bits per heavy atom. The Morgan fingerprint density at radius 1 is 1.24 bits per heavy atom. The minimum Gasteiger partial charge on any atom is -0.383 e. The molecule has 0 bridgehead atoms. The van der Waals surface area contributed by atoms with Gasteiger partial charge in [-0.3, -0.25) is 4.90 Å². The van der Waals surface area contributed by atoms with Crippen molar-refractivity contribution in [3.8, 4) is 5.75 Å². The van der Waals surface area contributed by atoms with Gasteiger partial charge in [0.1, 0.15) is 5.75 Å². The standard InChI is InChI=1S/C15H23NO4S/c1-15(2,3)16-9-10-19-14(11-16)12-5-7-13(8-6-12)20-21(4,17)18/h5-8,14H,9-11H2,1-4H3/t14-/m1/s1. The van der Waals surface area contributed by atoms with E-state index in [4.69, 9.17) is 8.92 Å². The summed E-state index contributed by atoms with van der Waals surface area (Å²) in [7, 11) is -3.48. The van der Waals surface area contributed by atoms with Crippen molar-refractivity contribution in [1.29, 1.82) is 0 Å². The fraction of sp³-hybridized carbons (Fsp3) is 0.600. The minimum atomic E-state index is -3.48. The zero-order valence-corrected chi connectivity index (χ0v) is 13.8. The third-order valence-electron chi connectivity index (χ3n) is 3.51. The molecule has 0 N–H and O–H groups in total. The highest BCUT2D eigenvalue weighted by Gasteiger charge is 2.29. The van der Waals surface area contributed by atoms with Gasteiger partial charge < -0.3 is 8.92 Å². The van der Waals surface area contributed by atoms with E-state index < -0.39 is 10.1 Å². The fourth-order valence-electron chi connectivity index (χ4n) is 2.37. The molecule has 118 valence electrons. The Kier molecular flexibility index (Phi) is 4.60. The van der Waals surface area contributed by atoms with Crippen molar-refractivity contribution in [1.82, 2.24) is 4.90 Å². The molecule has 0 aliphatic carbocycles. The highest BCUT2D eigenvalue weighted by molar-refractivity contribution is 7.86. The van der Waals surface area contributed by atoms with Crippen LogP contribution >= 0.6 is 0 Å². The van der Waals surface area contributed by atoms with Crippen molar-refractivity contribution >= 4 is 10.1 Å². The lowest BCUT2D eigenvalue weighted by Crippen LogP contribution is -2.48. The molecule has 21 heavy (non-hydrogen) atoms. The maximum Gasteiger partial charge on any atom is 0.306 e. The average Bonchev–Trinajstić information content (AvgIpc) is 2.37. The lowest BCUT2D eigenvalue weighted by molar-refractivity contribution is -0.0596. The summed E-state index contributed by atoms with van der Waals surface area (Å²) in [5, 5.41) is 0. The van der Waals surface area contributed by atoms with Crippen LogP contribution in [-0.2, 0) is 14.9 Å². The van der Waals surface area contributed by atoms with E-state index in [1.54, 1.807) is 12.1 Å². The van der Waals surface area contributed by atoms with Crippen LogP contribution in [0.4, 0.5) is 0 Å². The van der Waals surface area contributed by atoms with Crippen LogP contribution in [0.25, 0.3) is 0 Å². The van der Waals surface area contributed by atoms with Gasteiger partial charge in [0.05, 0.1) is 19.0 Å². The van der Waals surface area contributed by atoms with E-state index in [0.29, 0.717) is 12.4 Å². The molecular formula is C15H23NO4S. The van der Waals surface area contributed by atoms with Crippen LogP contribution in [0.1, 0.15) is 32.4 Å². The van der Waals surface area contributed by atoms with Crippen LogP contribution in [0.2, 0.25) is 0 Å². The first kappa shape index (κ1) is 16.3. The second-order valence-electron chi connectivity index (χ2n) is 6.33. The number of hydrogen-bond acceptors (Lipinski definition) is 5. The van der Waals surface area contributed by atoms with Gasteiger partial charge >= 0.3 is 10.1 Å². The molecule has 0 spiro atoms. The van der Waals surface area contributed by atoms with Crippen molar-refractivity contribution in [2.24, 2.45) is 0 Å².